The Morgan fingerprint density at radius 3 is 2.45 bits per heavy atom. The minimum absolute atomic E-state index is 0.0115. The molecule has 3 rings (SSSR count). The van der Waals surface area contributed by atoms with Crippen molar-refractivity contribution in [3.63, 3.8) is 0 Å². The van der Waals surface area contributed by atoms with Gasteiger partial charge in [0, 0.05) is 6.54 Å². The van der Waals surface area contributed by atoms with Crippen LogP contribution in [0.15, 0.2) is 54.1 Å². The summed E-state index contributed by atoms with van der Waals surface area (Å²) in [5.41, 5.74) is 0.884. The first-order valence-corrected chi connectivity index (χ1v) is 9.66. The number of aliphatic hydroxyl groups excluding tert-OH is 1. The Balaban J connectivity index is 2.15. The van der Waals surface area contributed by atoms with Crippen LogP contribution in [0.3, 0.4) is 0 Å². The van der Waals surface area contributed by atoms with Crippen molar-refractivity contribution in [3.8, 4) is 5.75 Å². The molecule has 5 nitrogen and oxygen atoms in total. The summed E-state index contributed by atoms with van der Waals surface area (Å²) in [5, 5.41) is 11.0. The van der Waals surface area contributed by atoms with Gasteiger partial charge in [-0.3, -0.25) is 9.59 Å². The number of hydrogen-bond acceptors (Lipinski definition) is 4. The van der Waals surface area contributed by atoms with Gasteiger partial charge in [0.1, 0.15) is 17.3 Å². The normalized spacial score (nSPS) is 18.3. The molecule has 0 aliphatic carbocycles. The van der Waals surface area contributed by atoms with Gasteiger partial charge in [0.15, 0.2) is 0 Å². The van der Waals surface area contributed by atoms with E-state index in [1.807, 2.05) is 6.92 Å². The quantitative estimate of drug-likeness (QED) is 0.325. The number of ether oxygens (including phenoxy) is 1. The molecule has 1 amide bonds. The molecule has 0 radical (unpaired) electrons. The zero-order valence-corrected chi connectivity index (χ0v) is 16.5. The van der Waals surface area contributed by atoms with E-state index in [9.17, 15) is 19.1 Å². The lowest BCUT2D eigenvalue weighted by molar-refractivity contribution is -0.139. The average Bonchev–Trinajstić information content (AvgIpc) is 2.99. The topological polar surface area (TPSA) is 66.8 Å². The number of nitrogens with zero attached hydrogens (tertiary/aromatic N) is 1. The first-order valence-electron chi connectivity index (χ1n) is 9.66. The fourth-order valence-corrected chi connectivity index (χ4v) is 3.62. The highest BCUT2D eigenvalue weighted by Crippen LogP contribution is 2.41. The van der Waals surface area contributed by atoms with E-state index in [1.54, 1.807) is 24.3 Å². The number of rotatable bonds is 7. The predicted octanol–water partition coefficient (Wildman–Crippen LogP) is 4.45. The lowest BCUT2D eigenvalue weighted by Gasteiger charge is -2.25. The molecular weight excluding hydrogens is 373 g/mol. The molecule has 1 unspecified atom stereocenters. The highest BCUT2D eigenvalue weighted by atomic mass is 19.1. The summed E-state index contributed by atoms with van der Waals surface area (Å²) in [6.07, 6.45) is 2.61. The van der Waals surface area contributed by atoms with Crippen molar-refractivity contribution in [3.05, 3.63) is 71.0 Å². The second-order valence-electron chi connectivity index (χ2n) is 6.95. The molecule has 1 fully saturated rings. The van der Waals surface area contributed by atoms with Crippen molar-refractivity contribution in [2.24, 2.45) is 0 Å². The fourth-order valence-electron chi connectivity index (χ4n) is 3.62. The van der Waals surface area contributed by atoms with E-state index in [0.29, 0.717) is 23.4 Å². The predicted molar refractivity (Wildman–Crippen MR) is 108 cm³/mol. The van der Waals surface area contributed by atoms with Gasteiger partial charge >= 0.3 is 0 Å². The fraction of sp³-hybridized carbons (Fsp3) is 0.304. The van der Waals surface area contributed by atoms with Crippen molar-refractivity contribution in [2.45, 2.75) is 32.2 Å². The van der Waals surface area contributed by atoms with Crippen LogP contribution in [0.2, 0.25) is 0 Å². The Hall–Kier alpha value is -3.15. The van der Waals surface area contributed by atoms with Gasteiger partial charge in [0.05, 0.1) is 24.3 Å². The molecule has 1 N–H and O–H groups in total. The molecule has 1 atom stereocenters. The van der Waals surface area contributed by atoms with E-state index >= 15 is 0 Å². The molecule has 1 aliphatic heterocycles. The Morgan fingerprint density at radius 1 is 1.10 bits per heavy atom. The molecular formula is C23H24FNO4. The molecule has 0 bridgehead atoms. The maximum absolute atomic E-state index is 13.5. The van der Waals surface area contributed by atoms with E-state index < -0.39 is 23.5 Å². The summed E-state index contributed by atoms with van der Waals surface area (Å²) < 4.78 is 18.8. The third kappa shape index (κ3) is 4.01. The van der Waals surface area contributed by atoms with Gasteiger partial charge < -0.3 is 14.7 Å². The van der Waals surface area contributed by atoms with E-state index in [2.05, 4.69) is 0 Å². The number of hydrogen-bond donors (Lipinski definition) is 1. The van der Waals surface area contributed by atoms with Gasteiger partial charge in [-0.2, -0.15) is 0 Å². The van der Waals surface area contributed by atoms with Gasteiger partial charge in [0.2, 0.25) is 0 Å². The molecule has 6 heteroatoms. The second-order valence-corrected chi connectivity index (χ2v) is 6.95. The second kappa shape index (κ2) is 8.90. The van der Waals surface area contributed by atoms with Gasteiger partial charge in [-0.05, 0) is 36.2 Å². The number of Topliss-reactive ketones (excluding diaryl/α,β-unsaturated/α-hetero) is 1. The Kier molecular flexibility index (Phi) is 6.32. The molecule has 1 aliphatic rings. The number of halogens is 1. The number of carbonyl (C=O) groups excluding carboxylic acids is 2. The first kappa shape index (κ1) is 20.6. The largest absolute Gasteiger partial charge is 0.507 e. The zero-order chi connectivity index (χ0) is 21.0. The third-order valence-electron chi connectivity index (χ3n) is 5.09. The van der Waals surface area contributed by atoms with Crippen LogP contribution in [0.1, 0.15) is 43.4 Å². The van der Waals surface area contributed by atoms with Crippen molar-refractivity contribution < 1.29 is 23.8 Å². The van der Waals surface area contributed by atoms with Crippen molar-refractivity contribution in [2.75, 3.05) is 13.7 Å². The van der Waals surface area contributed by atoms with Crippen molar-refractivity contribution >= 4 is 17.4 Å². The van der Waals surface area contributed by atoms with E-state index in [4.69, 9.17) is 4.74 Å². The number of carbonyl (C=O) groups is 2. The third-order valence-corrected chi connectivity index (χ3v) is 5.09. The Bertz CT molecular complexity index is 936. The average molecular weight is 397 g/mol. The zero-order valence-electron chi connectivity index (χ0n) is 16.5. The molecule has 0 saturated carbocycles. The number of unbranched alkanes of at least 4 members (excludes halogenated alkanes) is 2. The number of benzene rings is 2. The minimum Gasteiger partial charge on any atom is -0.507 e. The van der Waals surface area contributed by atoms with Crippen LogP contribution in [0, 0.1) is 5.82 Å². The number of amides is 1. The van der Waals surface area contributed by atoms with Crippen LogP contribution in [0.4, 0.5) is 4.39 Å². The van der Waals surface area contributed by atoms with Crippen LogP contribution in [-0.4, -0.2) is 35.4 Å². The van der Waals surface area contributed by atoms with Gasteiger partial charge in [-0.25, -0.2) is 4.39 Å². The van der Waals surface area contributed by atoms with Gasteiger partial charge in [-0.1, -0.05) is 44.0 Å². The summed E-state index contributed by atoms with van der Waals surface area (Å²) in [6.45, 7) is 2.43. The van der Waals surface area contributed by atoms with Gasteiger partial charge in [0.25, 0.3) is 11.7 Å². The summed E-state index contributed by atoms with van der Waals surface area (Å²) in [4.78, 5) is 27.1. The molecule has 2 aromatic carbocycles. The highest BCUT2D eigenvalue weighted by Gasteiger charge is 2.46. The molecule has 1 heterocycles. The minimum atomic E-state index is -0.780. The summed E-state index contributed by atoms with van der Waals surface area (Å²) >= 11 is 0. The van der Waals surface area contributed by atoms with Crippen molar-refractivity contribution in [1.29, 1.82) is 0 Å². The van der Waals surface area contributed by atoms with Crippen molar-refractivity contribution in [1.82, 2.24) is 4.90 Å². The monoisotopic (exact) mass is 397 g/mol. The highest BCUT2D eigenvalue weighted by molar-refractivity contribution is 6.46. The SMILES string of the molecule is CCCCCN1C(=O)C(=O)/C(=C(\O)c2ccccc2OC)C1c1ccc(F)cc1. The van der Waals surface area contributed by atoms with Crippen LogP contribution in [-0.2, 0) is 9.59 Å². The van der Waals surface area contributed by atoms with E-state index in [-0.39, 0.29) is 11.3 Å². The van der Waals surface area contributed by atoms with Crippen LogP contribution in [0.5, 0.6) is 5.75 Å². The number of aliphatic hydroxyl groups is 1. The smallest absolute Gasteiger partial charge is 0.295 e. The summed E-state index contributed by atoms with van der Waals surface area (Å²) in [6, 6.07) is 11.6. The Labute approximate surface area is 169 Å². The van der Waals surface area contributed by atoms with E-state index in [0.717, 1.165) is 19.3 Å². The summed E-state index contributed by atoms with van der Waals surface area (Å²) in [5.74, 6) is -1.74. The maximum atomic E-state index is 13.5. The standard InChI is InChI=1S/C23H24FNO4/c1-3-4-7-14-25-20(15-10-12-16(24)13-11-15)19(22(27)23(25)28)21(26)17-8-5-6-9-18(17)29-2/h5-6,8-13,20,26H,3-4,7,14H2,1-2H3/b21-19-. The number of ketones is 1. The molecule has 0 aromatic heterocycles. The molecule has 152 valence electrons. The lowest BCUT2D eigenvalue weighted by Crippen LogP contribution is -2.30. The Morgan fingerprint density at radius 2 is 1.79 bits per heavy atom. The van der Waals surface area contributed by atoms with Crippen LogP contribution in [0.25, 0.3) is 5.76 Å². The molecule has 29 heavy (non-hydrogen) atoms. The lowest BCUT2D eigenvalue weighted by atomic mass is 9.95. The first-order chi connectivity index (χ1) is 14.0. The molecule has 0 spiro atoms. The number of likely N-dealkylation sites (tertiary alicyclic amines) is 1. The number of methoxy groups -OCH3 is 1. The summed E-state index contributed by atoms with van der Waals surface area (Å²) in [7, 11) is 1.47. The molecule has 2 aromatic rings. The van der Waals surface area contributed by atoms with Crippen LogP contribution < -0.4 is 4.74 Å². The van der Waals surface area contributed by atoms with E-state index in [1.165, 1.54) is 36.3 Å². The van der Waals surface area contributed by atoms with Crippen LogP contribution >= 0.6 is 0 Å². The maximum Gasteiger partial charge on any atom is 0.295 e. The number of para-hydroxylation sites is 1. The molecule has 1 saturated heterocycles. The van der Waals surface area contributed by atoms with Gasteiger partial charge in [-0.15, -0.1) is 0 Å².